The number of nitrogens with one attached hydrogen (secondary N) is 1. The first-order chi connectivity index (χ1) is 19.7. The van der Waals surface area contributed by atoms with Gasteiger partial charge in [0.25, 0.3) is 0 Å². The standard InChI is InChI=1S/C25H41N7O2S.C5H9F/c1-5-7-8-10-21(4)31(6-2)28-20(3)19-35(33,34)29-22-13-15-30(18-22)24-11-9-12-25-23(24)17-27-32(25)16-14-26;1-2-3-4-5-6/h9,11-12,14,16-17,21-22,29H,5-8,10,13,15,18-19,26H2,1-4H3;3-4H,2,5H2,1H3/b16-14+,28-20-;4-3-. The molecule has 2 unspecified atom stereocenters. The molecule has 2 aromatic rings. The second kappa shape index (κ2) is 17.8. The number of alkyl halides is 1. The summed E-state index contributed by atoms with van der Waals surface area (Å²) in [5.41, 5.74) is 8.15. The van der Waals surface area contributed by atoms with Gasteiger partial charge in [-0.1, -0.05) is 51.3 Å². The Bertz CT molecular complexity index is 1240. The van der Waals surface area contributed by atoms with Gasteiger partial charge in [0, 0.05) is 55.2 Å². The quantitative estimate of drug-likeness (QED) is 0.122. The fourth-order valence-electron chi connectivity index (χ4n) is 4.97. The topological polar surface area (TPSA) is 109 Å². The second-order valence-electron chi connectivity index (χ2n) is 10.4. The van der Waals surface area contributed by atoms with Gasteiger partial charge in [0.15, 0.2) is 0 Å². The Labute approximate surface area is 246 Å². The highest BCUT2D eigenvalue weighted by atomic mass is 32.2. The van der Waals surface area contributed by atoms with Gasteiger partial charge in [0.1, 0.15) is 12.4 Å². The average molecular weight is 592 g/mol. The fraction of sp³-hybridized carbons (Fsp3) is 0.600. The maximum absolute atomic E-state index is 12.9. The zero-order valence-corrected chi connectivity index (χ0v) is 26.3. The summed E-state index contributed by atoms with van der Waals surface area (Å²) in [7, 11) is -3.49. The lowest BCUT2D eigenvalue weighted by molar-refractivity contribution is 0.215. The largest absolute Gasteiger partial charge is 0.403 e. The van der Waals surface area contributed by atoms with E-state index in [0.29, 0.717) is 18.3 Å². The number of hydrogen-bond acceptors (Lipinski definition) is 7. The Balaban J connectivity index is 0.000000883. The molecule has 1 fully saturated rings. The highest BCUT2D eigenvalue weighted by molar-refractivity contribution is 7.90. The predicted molar refractivity (Wildman–Crippen MR) is 171 cm³/mol. The molecule has 0 radical (unpaired) electrons. The van der Waals surface area contributed by atoms with E-state index in [-0.39, 0.29) is 18.5 Å². The molecule has 0 aliphatic carbocycles. The molecule has 0 bridgehead atoms. The van der Waals surface area contributed by atoms with E-state index in [1.54, 1.807) is 23.9 Å². The van der Waals surface area contributed by atoms with Gasteiger partial charge in [-0.2, -0.15) is 10.2 Å². The van der Waals surface area contributed by atoms with Crippen LogP contribution in [0.1, 0.15) is 73.1 Å². The summed E-state index contributed by atoms with van der Waals surface area (Å²) in [5.74, 6) is -0.0878. The molecule has 3 rings (SSSR count). The SMILES string of the molecule is CC/C=C\CF.CCCCCC(C)N(CC)/N=C(/C)CS(=O)(=O)NC1CCN(c2cccc3c2cnn3/C=C/N)C1. The Morgan fingerprint density at radius 2 is 2.07 bits per heavy atom. The molecule has 1 aliphatic rings. The van der Waals surface area contributed by atoms with Crippen molar-refractivity contribution >= 4 is 38.5 Å². The Kier molecular flexibility index (Phi) is 14.9. The summed E-state index contributed by atoms with van der Waals surface area (Å²) < 4.78 is 41.6. The van der Waals surface area contributed by atoms with Crippen LogP contribution in [0.2, 0.25) is 0 Å². The zero-order valence-electron chi connectivity index (χ0n) is 25.5. The van der Waals surface area contributed by atoms with Crippen molar-refractivity contribution in [1.82, 2.24) is 19.5 Å². The average Bonchev–Trinajstić information content (AvgIpc) is 3.57. The number of sulfonamides is 1. The minimum absolute atomic E-state index is 0.0878. The first-order valence-electron chi connectivity index (χ1n) is 14.8. The molecule has 2 heterocycles. The van der Waals surface area contributed by atoms with E-state index >= 15 is 0 Å². The molecule has 1 aromatic heterocycles. The van der Waals surface area contributed by atoms with Gasteiger partial charge in [-0.15, -0.1) is 0 Å². The van der Waals surface area contributed by atoms with E-state index in [9.17, 15) is 12.8 Å². The molecular weight excluding hydrogens is 541 g/mol. The van der Waals surface area contributed by atoms with Gasteiger partial charge in [0.05, 0.1) is 17.4 Å². The zero-order chi connectivity index (χ0) is 30.3. The van der Waals surface area contributed by atoms with Crippen LogP contribution in [-0.2, 0) is 10.0 Å². The second-order valence-corrected chi connectivity index (χ2v) is 12.2. The number of nitrogens with zero attached hydrogens (tertiary/aromatic N) is 5. The normalized spacial score (nSPS) is 17.0. The lowest BCUT2D eigenvalue weighted by Gasteiger charge is -2.26. The van der Waals surface area contributed by atoms with Crippen LogP contribution < -0.4 is 15.4 Å². The number of halogens is 1. The highest BCUT2D eigenvalue weighted by Gasteiger charge is 2.28. The predicted octanol–water partition coefficient (Wildman–Crippen LogP) is 5.51. The minimum atomic E-state index is -3.49. The van der Waals surface area contributed by atoms with E-state index in [0.717, 1.165) is 48.9 Å². The number of allylic oxidation sites excluding steroid dienone is 2. The molecule has 1 aromatic carbocycles. The van der Waals surface area contributed by atoms with Crippen molar-refractivity contribution in [3.8, 4) is 0 Å². The lowest BCUT2D eigenvalue weighted by atomic mass is 10.1. The third-order valence-corrected chi connectivity index (χ3v) is 8.46. The van der Waals surface area contributed by atoms with Gasteiger partial charge in [-0.3, -0.25) is 5.01 Å². The Hall–Kier alpha value is -2.92. The third-order valence-electron chi connectivity index (χ3n) is 6.97. The lowest BCUT2D eigenvalue weighted by Crippen LogP contribution is -2.40. The number of rotatable bonds is 15. The van der Waals surface area contributed by atoms with Crippen molar-refractivity contribution in [2.45, 2.75) is 85.2 Å². The highest BCUT2D eigenvalue weighted by Crippen LogP contribution is 2.29. The van der Waals surface area contributed by atoms with Crippen LogP contribution in [-0.4, -0.2) is 73.1 Å². The minimum Gasteiger partial charge on any atom is -0.403 e. The van der Waals surface area contributed by atoms with E-state index in [1.807, 2.05) is 30.3 Å². The van der Waals surface area contributed by atoms with Crippen molar-refractivity contribution in [3.63, 3.8) is 0 Å². The number of fused-ring (bicyclic) bond motifs is 1. The van der Waals surface area contributed by atoms with Crippen molar-refractivity contribution in [2.75, 3.05) is 37.0 Å². The van der Waals surface area contributed by atoms with Crippen molar-refractivity contribution in [2.24, 2.45) is 10.8 Å². The summed E-state index contributed by atoms with van der Waals surface area (Å²) in [6, 6.07) is 6.19. The van der Waals surface area contributed by atoms with Crippen LogP contribution in [0, 0.1) is 0 Å². The maximum atomic E-state index is 12.9. The molecule has 1 aliphatic heterocycles. The van der Waals surface area contributed by atoms with Crippen molar-refractivity contribution in [1.29, 1.82) is 0 Å². The van der Waals surface area contributed by atoms with Crippen LogP contribution in [0.25, 0.3) is 17.1 Å². The van der Waals surface area contributed by atoms with E-state index < -0.39 is 10.0 Å². The number of unbranched alkanes of at least 4 members (excludes halogenated alkanes) is 2. The van der Waals surface area contributed by atoms with Crippen LogP contribution in [0.15, 0.2) is 47.8 Å². The smallest absolute Gasteiger partial charge is 0.217 e. The number of hydrogen-bond donors (Lipinski definition) is 2. The van der Waals surface area contributed by atoms with Crippen molar-refractivity contribution < 1.29 is 12.8 Å². The molecular formula is C30H50FN7O2S. The first-order valence-corrected chi connectivity index (χ1v) is 16.5. The number of anilines is 1. The van der Waals surface area contributed by atoms with Gasteiger partial charge in [-0.25, -0.2) is 22.2 Å². The molecule has 230 valence electrons. The number of nitrogens with two attached hydrogens (primary N) is 1. The summed E-state index contributed by atoms with van der Waals surface area (Å²) in [4.78, 5) is 2.21. The first kappa shape index (κ1) is 34.3. The van der Waals surface area contributed by atoms with E-state index in [2.05, 4.69) is 46.7 Å². The van der Waals surface area contributed by atoms with Crippen LogP contribution in [0.5, 0.6) is 0 Å². The molecule has 9 nitrogen and oxygen atoms in total. The summed E-state index contributed by atoms with van der Waals surface area (Å²) >= 11 is 0. The molecule has 0 amide bonds. The summed E-state index contributed by atoms with van der Waals surface area (Å²) in [6.45, 7) is 12.0. The van der Waals surface area contributed by atoms with Gasteiger partial charge in [0.2, 0.25) is 10.0 Å². The molecule has 3 N–H and O–H groups in total. The number of aromatic nitrogens is 2. The van der Waals surface area contributed by atoms with Gasteiger partial charge < -0.3 is 10.6 Å². The number of hydrazone groups is 1. The van der Waals surface area contributed by atoms with Gasteiger partial charge in [-0.05, 0) is 52.2 Å². The van der Waals surface area contributed by atoms with Crippen LogP contribution in [0.3, 0.4) is 0 Å². The molecule has 0 spiro atoms. The molecule has 0 saturated carbocycles. The molecule has 2 atom stereocenters. The van der Waals surface area contributed by atoms with Crippen LogP contribution >= 0.6 is 0 Å². The number of benzene rings is 1. The maximum Gasteiger partial charge on any atom is 0.217 e. The third kappa shape index (κ3) is 11.1. The molecule has 11 heteroatoms. The van der Waals surface area contributed by atoms with E-state index in [1.165, 1.54) is 31.5 Å². The Morgan fingerprint density at radius 3 is 2.71 bits per heavy atom. The summed E-state index contributed by atoms with van der Waals surface area (Å²) in [6.07, 6.45) is 14.6. The summed E-state index contributed by atoms with van der Waals surface area (Å²) in [5, 5.41) is 12.1. The van der Waals surface area contributed by atoms with E-state index in [4.69, 9.17) is 5.73 Å². The molecule has 1 saturated heterocycles. The van der Waals surface area contributed by atoms with Gasteiger partial charge >= 0.3 is 0 Å². The fourth-order valence-corrected chi connectivity index (χ4v) is 6.37. The van der Waals surface area contributed by atoms with Crippen molar-refractivity contribution in [3.05, 3.63) is 42.7 Å². The van der Waals surface area contributed by atoms with Crippen LogP contribution in [0.4, 0.5) is 10.1 Å². The Morgan fingerprint density at radius 1 is 1.29 bits per heavy atom. The molecule has 41 heavy (non-hydrogen) atoms. The monoisotopic (exact) mass is 591 g/mol.